The number of nitrogens with two attached hydrogens (primary N) is 1. The quantitative estimate of drug-likeness (QED) is 0.554. The van der Waals surface area contributed by atoms with Gasteiger partial charge in [0.2, 0.25) is 0 Å². The Morgan fingerprint density at radius 1 is 1.21 bits per heavy atom. The minimum atomic E-state index is -1.02. The summed E-state index contributed by atoms with van der Waals surface area (Å²) in [6.07, 6.45) is 4.69. The number of aliphatic hydroxyl groups is 2. The minimum absolute atomic E-state index is 0. The fourth-order valence-corrected chi connectivity index (χ4v) is 5.26. The number of hydrogen-bond donors (Lipinski definition) is 4. The number of anilines is 1. The number of nitrogen functional groups attached to an aromatic ring is 1. The van der Waals surface area contributed by atoms with Crippen LogP contribution in [-0.4, -0.2) is 79.7 Å². The Balaban J connectivity index is 0.00000205. The van der Waals surface area contributed by atoms with Crippen molar-refractivity contribution >= 4 is 29.3 Å². The van der Waals surface area contributed by atoms with E-state index in [1.165, 1.54) is 19.2 Å². The molecule has 0 amide bonds. The lowest BCUT2D eigenvalue weighted by Gasteiger charge is -2.43. The summed E-state index contributed by atoms with van der Waals surface area (Å²) in [5.41, 5.74) is 6.72. The van der Waals surface area contributed by atoms with Crippen molar-refractivity contribution in [3.63, 3.8) is 0 Å². The summed E-state index contributed by atoms with van der Waals surface area (Å²) in [6.45, 7) is 3.72. The molecule has 4 atom stereocenters. The van der Waals surface area contributed by atoms with E-state index in [1.807, 2.05) is 6.07 Å². The Bertz CT molecular complexity index is 858. The normalized spacial score (nSPS) is 32.1. The number of ether oxygens (including phenoxy) is 1. The summed E-state index contributed by atoms with van der Waals surface area (Å²) < 4.78 is 7.92. The lowest BCUT2D eigenvalue weighted by atomic mass is 9.85. The average Bonchev–Trinajstić information content (AvgIpc) is 3.37. The van der Waals surface area contributed by atoms with E-state index < -0.39 is 24.5 Å². The van der Waals surface area contributed by atoms with Gasteiger partial charge in [-0.3, -0.25) is 4.90 Å². The van der Waals surface area contributed by atoms with Crippen LogP contribution in [-0.2, 0) is 4.74 Å². The van der Waals surface area contributed by atoms with Gasteiger partial charge in [-0.2, -0.15) is 0 Å². The highest BCUT2D eigenvalue weighted by atomic mass is 35.5. The number of hydrogen-bond acceptors (Lipinski definition) is 8. The lowest BCUT2D eigenvalue weighted by Crippen LogP contribution is -2.54. The zero-order chi connectivity index (χ0) is 19.3. The van der Waals surface area contributed by atoms with Crippen molar-refractivity contribution in [2.24, 2.45) is 0 Å². The molecule has 0 radical (unpaired) electrons. The maximum atomic E-state index is 10.7. The Morgan fingerprint density at radius 3 is 2.79 bits per heavy atom. The fraction of sp³-hybridized carbons (Fsp3) is 0.684. The first-order valence-corrected chi connectivity index (χ1v) is 10.1. The molecule has 3 saturated heterocycles. The zero-order valence-corrected chi connectivity index (χ0v) is 17.1. The summed E-state index contributed by atoms with van der Waals surface area (Å²) in [4.78, 5) is 10.8. The SMILES string of the molecule is Cl.Nc1ncnc2c1ccn2[C@@H]1O[C@H](CN2CCCC23CCNCC3)[C@@H](O)[C@H]1O. The number of likely N-dealkylation sites (tertiary alicyclic amines) is 1. The summed E-state index contributed by atoms with van der Waals surface area (Å²) in [7, 11) is 0. The van der Waals surface area contributed by atoms with E-state index >= 15 is 0 Å². The molecule has 29 heavy (non-hydrogen) atoms. The molecule has 0 saturated carbocycles. The van der Waals surface area contributed by atoms with Crippen LogP contribution in [0, 0.1) is 0 Å². The monoisotopic (exact) mass is 424 g/mol. The second-order valence-electron chi connectivity index (χ2n) is 8.29. The molecule has 0 bridgehead atoms. The summed E-state index contributed by atoms with van der Waals surface area (Å²) in [6, 6.07) is 1.81. The highest BCUT2D eigenvalue weighted by Gasteiger charge is 2.48. The molecule has 0 unspecified atom stereocenters. The van der Waals surface area contributed by atoms with Gasteiger partial charge >= 0.3 is 0 Å². The smallest absolute Gasteiger partial charge is 0.164 e. The van der Waals surface area contributed by atoms with E-state index in [-0.39, 0.29) is 17.9 Å². The Hall–Kier alpha value is -1.49. The van der Waals surface area contributed by atoms with Gasteiger partial charge in [0.15, 0.2) is 6.23 Å². The molecule has 2 aromatic heterocycles. The minimum Gasteiger partial charge on any atom is -0.387 e. The number of aromatic nitrogens is 3. The van der Waals surface area contributed by atoms with Crippen LogP contribution in [0.2, 0.25) is 0 Å². The van der Waals surface area contributed by atoms with Gasteiger partial charge in [0.1, 0.15) is 36.1 Å². The van der Waals surface area contributed by atoms with Crippen LogP contribution in [0.4, 0.5) is 5.82 Å². The second kappa shape index (κ2) is 7.98. The van der Waals surface area contributed by atoms with E-state index in [9.17, 15) is 10.2 Å². The summed E-state index contributed by atoms with van der Waals surface area (Å²) in [5, 5.41) is 25.6. The molecule has 3 fully saturated rings. The largest absolute Gasteiger partial charge is 0.387 e. The second-order valence-corrected chi connectivity index (χ2v) is 8.29. The Labute approximate surface area is 175 Å². The molecular weight excluding hydrogens is 396 g/mol. The highest BCUT2D eigenvalue weighted by molar-refractivity contribution is 5.86. The summed E-state index contributed by atoms with van der Waals surface area (Å²) in [5.74, 6) is 0.387. The number of nitrogens with one attached hydrogen (secondary N) is 1. The van der Waals surface area contributed by atoms with Gasteiger partial charge in [-0.25, -0.2) is 9.97 Å². The average molecular weight is 425 g/mol. The zero-order valence-electron chi connectivity index (χ0n) is 16.3. The number of fused-ring (bicyclic) bond motifs is 1. The molecule has 5 heterocycles. The Morgan fingerprint density at radius 2 is 2.00 bits per heavy atom. The van der Waals surface area contributed by atoms with Crippen molar-refractivity contribution in [2.45, 2.75) is 55.8 Å². The van der Waals surface area contributed by atoms with Crippen LogP contribution in [0.3, 0.4) is 0 Å². The molecule has 1 spiro atoms. The van der Waals surface area contributed by atoms with Gasteiger partial charge in [-0.15, -0.1) is 12.4 Å². The predicted molar refractivity (Wildman–Crippen MR) is 111 cm³/mol. The third-order valence-electron chi connectivity index (χ3n) is 6.83. The van der Waals surface area contributed by atoms with E-state index in [2.05, 4.69) is 20.2 Å². The third kappa shape index (κ3) is 3.39. The van der Waals surface area contributed by atoms with Crippen molar-refractivity contribution in [1.29, 1.82) is 0 Å². The van der Waals surface area contributed by atoms with Gasteiger partial charge in [0, 0.05) is 18.3 Å². The van der Waals surface area contributed by atoms with E-state index in [4.69, 9.17) is 10.5 Å². The predicted octanol–water partition coefficient (Wildman–Crippen LogP) is 0.272. The van der Waals surface area contributed by atoms with Gasteiger partial charge in [-0.1, -0.05) is 0 Å². The molecule has 0 aromatic carbocycles. The third-order valence-corrected chi connectivity index (χ3v) is 6.83. The van der Waals surface area contributed by atoms with E-state index in [0.717, 1.165) is 32.5 Å². The maximum Gasteiger partial charge on any atom is 0.164 e. The van der Waals surface area contributed by atoms with Crippen LogP contribution < -0.4 is 11.1 Å². The number of rotatable bonds is 3. The van der Waals surface area contributed by atoms with Crippen LogP contribution >= 0.6 is 12.4 Å². The number of aliphatic hydroxyl groups excluding tert-OH is 2. The molecule has 5 N–H and O–H groups in total. The molecule has 2 aromatic rings. The number of nitrogens with zero attached hydrogens (tertiary/aromatic N) is 4. The maximum absolute atomic E-state index is 10.7. The van der Waals surface area contributed by atoms with Crippen LogP contribution in [0.15, 0.2) is 18.6 Å². The van der Waals surface area contributed by atoms with Crippen molar-refractivity contribution in [3.05, 3.63) is 18.6 Å². The van der Waals surface area contributed by atoms with Crippen molar-refractivity contribution in [2.75, 3.05) is 31.9 Å². The van der Waals surface area contributed by atoms with Crippen molar-refractivity contribution < 1.29 is 14.9 Å². The van der Waals surface area contributed by atoms with E-state index in [0.29, 0.717) is 23.4 Å². The summed E-state index contributed by atoms with van der Waals surface area (Å²) >= 11 is 0. The van der Waals surface area contributed by atoms with Gasteiger partial charge in [0.25, 0.3) is 0 Å². The standard InChI is InChI=1S/C19H28N6O3.ClH/c20-16-12-2-9-25(17(12)23-11-22-16)18-15(27)14(26)13(28-18)10-24-8-1-3-19(24)4-6-21-7-5-19;/h2,9,11,13-15,18,21,26-27H,1,3-8,10H2,(H2,20,22,23);1H/t13-,14-,15-,18-;/m1./s1. The van der Waals surface area contributed by atoms with Crippen molar-refractivity contribution in [1.82, 2.24) is 24.8 Å². The molecule has 160 valence electrons. The van der Waals surface area contributed by atoms with Crippen LogP contribution in [0.25, 0.3) is 11.0 Å². The van der Waals surface area contributed by atoms with Gasteiger partial charge in [-0.05, 0) is 51.4 Å². The van der Waals surface area contributed by atoms with Crippen LogP contribution in [0.5, 0.6) is 0 Å². The molecule has 9 nitrogen and oxygen atoms in total. The number of piperidine rings is 1. The Kier molecular flexibility index (Phi) is 5.71. The highest BCUT2D eigenvalue weighted by Crippen LogP contribution is 2.39. The topological polar surface area (TPSA) is 122 Å². The fourth-order valence-electron chi connectivity index (χ4n) is 5.26. The van der Waals surface area contributed by atoms with Gasteiger partial charge < -0.3 is 30.6 Å². The first-order valence-electron chi connectivity index (χ1n) is 10.1. The van der Waals surface area contributed by atoms with Crippen molar-refractivity contribution in [3.8, 4) is 0 Å². The molecule has 3 aliphatic heterocycles. The lowest BCUT2D eigenvalue weighted by molar-refractivity contribution is -0.0542. The molecule has 3 aliphatic rings. The molecular formula is C19H29ClN6O3. The first-order chi connectivity index (χ1) is 13.6. The molecule has 5 rings (SSSR count). The first kappa shape index (κ1) is 20.8. The van der Waals surface area contributed by atoms with Gasteiger partial charge in [0.05, 0.1) is 5.39 Å². The van der Waals surface area contributed by atoms with Crippen LogP contribution in [0.1, 0.15) is 31.9 Å². The van der Waals surface area contributed by atoms with E-state index in [1.54, 1.807) is 10.8 Å². The number of halogens is 1. The molecule has 10 heteroatoms. The molecule has 0 aliphatic carbocycles.